The molecule has 0 N–H and O–H groups in total. The van der Waals surface area contributed by atoms with E-state index in [1.807, 2.05) is 0 Å². The third kappa shape index (κ3) is 3.90. The van der Waals surface area contributed by atoms with E-state index in [-0.39, 0.29) is 26.5 Å². The van der Waals surface area contributed by atoms with Crippen LogP contribution >= 0.6 is 23.4 Å². The first kappa shape index (κ1) is 22.7. The number of carbonyl (C=O) groups excluding carboxylic acids is 1. The van der Waals surface area contributed by atoms with Crippen molar-refractivity contribution in [3.05, 3.63) is 46.9 Å². The van der Waals surface area contributed by atoms with Gasteiger partial charge >= 0.3 is 12.0 Å². The number of aryl methyl sites for hydroxylation is 1. The SMILES string of the molecule is Cn1nc(C(F)(OF)C(F)(F)F)c(SC2CC2)c1-n1cc(-c2ccc(Cl)c(C=O)c2)cn1. The molecule has 0 saturated heterocycles. The standard InChI is InChI=1S/C19H14ClF5N4O2S/c1-28-17(29-8-12(7-26-29)10-2-5-14(20)11(6-10)9-30)15(32-13-3-4-13)16(27-28)18(21,31-25)19(22,23)24/h2,5-9,13H,3-4H2,1H3. The van der Waals surface area contributed by atoms with Gasteiger partial charge in [0.1, 0.15) is 0 Å². The Balaban J connectivity index is 1.83. The summed E-state index contributed by atoms with van der Waals surface area (Å²) in [6.07, 6.45) is -0.805. The molecule has 32 heavy (non-hydrogen) atoms. The van der Waals surface area contributed by atoms with Gasteiger partial charge in [-0.2, -0.15) is 27.8 Å². The number of aromatic nitrogens is 4. The van der Waals surface area contributed by atoms with Gasteiger partial charge in [0, 0.05) is 29.6 Å². The van der Waals surface area contributed by atoms with E-state index in [1.165, 1.54) is 36.3 Å². The zero-order chi connectivity index (χ0) is 23.3. The summed E-state index contributed by atoms with van der Waals surface area (Å²) in [5.41, 5.74) is 0.105. The molecule has 1 aromatic carbocycles. The summed E-state index contributed by atoms with van der Waals surface area (Å²) in [5.74, 6) is -4.72. The maximum atomic E-state index is 14.7. The van der Waals surface area contributed by atoms with Crippen molar-refractivity contribution in [1.29, 1.82) is 0 Å². The molecule has 170 valence electrons. The average molecular weight is 493 g/mol. The Hall–Kier alpha value is -2.44. The summed E-state index contributed by atoms with van der Waals surface area (Å²) in [5, 5.41) is 7.96. The molecule has 3 aromatic rings. The van der Waals surface area contributed by atoms with Crippen molar-refractivity contribution < 1.29 is 31.8 Å². The molecule has 0 spiro atoms. The molecule has 0 aliphatic heterocycles. The molecule has 2 aromatic heterocycles. The largest absolute Gasteiger partial charge is 0.458 e. The predicted molar refractivity (Wildman–Crippen MR) is 106 cm³/mol. The highest BCUT2D eigenvalue weighted by atomic mass is 35.5. The average Bonchev–Trinajstić information content (AvgIpc) is 3.33. The summed E-state index contributed by atoms with van der Waals surface area (Å²) >= 11 is 6.90. The molecule has 6 nitrogen and oxygen atoms in total. The fourth-order valence-corrected chi connectivity index (χ4v) is 4.52. The molecule has 1 aliphatic rings. The number of nitrogens with zero attached hydrogens (tertiary/aromatic N) is 4. The molecular formula is C19H14ClF5N4O2S. The highest BCUT2D eigenvalue weighted by molar-refractivity contribution is 8.00. The number of benzene rings is 1. The molecule has 4 rings (SSSR count). The van der Waals surface area contributed by atoms with Gasteiger partial charge in [-0.3, -0.25) is 4.79 Å². The Labute approximate surface area is 187 Å². The monoisotopic (exact) mass is 492 g/mol. The van der Waals surface area contributed by atoms with E-state index in [2.05, 4.69) is 15.1 Å². The first-order valence-electron chi connectivity index (χ1n) is 9.18. The fourth-order valence-electron chi connectivity index (χ4n) is 3.04. The number of rotatable bonds is 7. The van der Waals surface area contributed by atoms with Crippen LogP contribution in [-0.4, -0.2) is 37.3 Å². The van der Waals surface area contributed by atoms with E-state index in [4.69, 9.17) is 11.6 Å². The smallest absolute Gasteiger partial charge is 0.298 e. The van der Waals surface area contributed by atoms with Crippen LogP contribution in [0.5, 0.6) is 0 Å². The first-order valence-corrected chi connectivity index (χ1v) is 10.4. The van der Waals surface area contributed by atoms with E-state index in [0.717, 1.165) is 16.4 Å². The number of carbonyl (C=O) groups is 1. The highest BCUT2D eigenvalue weighted by Gasteiger charge is 2.64. The number of hydrogen-bond donors (Lipinski definition) is 0. The third-order valence-electron chi connectivity index (χ3n) is 4.81. The lowest BCUT2D eigenvalue weighted by Crippen LogP contribution is -2.40. The maximum Gasteiger partial charge on any atom is 0.458 e. The van der Waals surface area contributed by atoms with Crippen molar-refractivity contribution in [1.82, 2.24) is 19.6 Å². The van der Waals surface area contributed by atoms with Gasteiger partial charge in [-0.25, -0.2) is 9.36 Å². The molecule has 13 heteroatoms. The van der Waals surface area contributed by atoms with Crippen LogP contribution in [0.15, 0.2) is 35.5 Å². The molecule has 2 heterocycles. The summed E-state index contributed by atoms with van der Waals surface area (Å²) < 4.78 is 69.8. The van der Waals surface area contributed by atoms with Crippen molar-refractivity contribution in [2.24, 2.45) is 7.05 Å². The Kier molecular flexibility index (Phi) is 5.80. The van der Waals surface area contributed by atoms with Crippen LogP contribution in [0.4, 0.5) is 22.1 Å². The zero-order valence-electron chi connectivity index (χ0n) is 16.2. The van der Waals surface area contributed by atoms with E-state index >= 15 is 0 Å². The van der Waals surface area contributed by atoms with Gasteiger partial charge in [-0.15, -0.1) is 16.7 Å². The molecule has 1 aliphatic carbocycles. The van der Waals surface area contributed by atoms with Gasteiger partial charge in [0.25, 0.3) is 0 Å². The van der Waals surface area contributed by atoms with Crippen LogP contribution in [0.25, 0.3) is 16.9 Å². The van der Waals surface area contributed by atoms with Crippen molar-refractivity contribution in [3.63, 3.8) is 0 Å². The molecule has 1 atom stereocenters. The quantitative estimate of drug-likeness (QED) is 0.318. The third-order valence-corrected chi connectivity index (χ3v) is 6.58. The van der Waals surface area contributed by atoms with Gasteiger partial charge in [0.05, 0.1) is 16.1 Å². The van der Waals surface area contributed by atoms with Gasteiger partial charge in [-0.1, -0.05) is 17.7 Å². The maximum absolute atomic E-state index is 14.7. The zero-order valence-corrected chi connectivity index (χ0v) is 17.8. The fraction of sp³-hybridized carbons (Fsp3) is 0.316. The second kappa shape index (κ2) is 8.16. The van der Waals surface area contributed by atoms with E-state index in [0.29, 0.717) is 30.3 Å². The highest BCUT2D eigenvalue weighted by Crippen LogP contribution is 2.51. The number of aldehydes is 1. The second-order valence-corrected chi connectivity index (χ2v) is 8.86. The number of halogens is 6. The van der Waals surface area contributed by atoms with Crippen LogP contribution in [0.1, 0.15) is 28.9 Å². The van der Waals surface area contributed by atoms with Crippen molar-refractivity contribution in [3.8, 4) is 16.9 Å². The number of thioether (sulfide) groups is 1. The minimum Gasteiger partial charge on any atom is -0.298 e. The van der Waals surface area contributed by atoms with Gasteiger partial charge in [0.15, 0.2) is 17.8 Å². The van der Waals surface area contributed by atoms with E-state index in [1.54, 1.807) is 6.07 Å². The molecule has 0 radical (unpaired) electrons. The lowest BCUT2D eigenvalue weighted by Gasteiger charge is -2.22. The molecule has 0 amide bonds. The molecule has 0 bridgehead atoms. The normalized spacial score (nSPS) is 16.2. The van der Waals surface area contributed by atoms with Crippen LogP contribution in [0.3, 0.4) is 0 Å². The van der Waals surface area contributed by atoms with Crippen LogP contribution in [0, 0.1) is 0 Å². The van der Waals surface area contributed by atoms with Crippen LogP contribution in [-0.2, 0) is 17.8 Å². The Morgan fingerprint density at radius 1 is 1.25 bits per heavy atom. The van der Waals surface area contributed by atoms with Crippen molar-refractivity contribution in [2.75, 3.05) is 0 Å². The molecule has 1 fully saturated rings. The van der Waals surface area contributed by atoms with Crippen LogP contribution < -0.4 is 0 Å². The lowest BCUT2D eigenvalue weighted by molar-refractivity contribution is -0.413. The topological polar surface area (TPSA) is 61.9 Å². The molecule has 1 saturated carbocycles. The van der Waals surface area contributed by atoms with E-state index < -0.39 is 17.7 Å². The van der Waals surface area contributed by atoms with Crippen molar-refractivity contribution >= 4 is 29.6 Å². The predicted octanol–water partition coefficient (Wildman–Crippen LogP) is 5.58. The van der Waals surface area contributed by atoms with E-state index in [9.17, 15) is 26.9 Å². The summed E-state index contributed by atoms with van der Waals surface area (Å²) in [6.45, 7) is 0. The van der Waals surface area contributed by atoms with Gasteiger partial charge in [0.2, 0.25) is 0 Å². The summed E-state index contributed by atoms with van der Waals surface area (Å²) in [6, 6.07) is 4.69. The molecule has 1 unspecified atom stereocenters. The minimum absolute atomic E-state index is 0.0102. The Morgan fingerprint density at radius 2 is 1.97 bits per heavy atom. The second-order valence-electron chi connectivity index (χ2n) is 7.14. The lowest BCUT2D eigenvalue weighted by atomic mass is 10.1. The van der Waals surface area contributed by atoms with Gasteiger partial charge < -0.3 is 0 Å². The van der Waals surface area contributed by atoms with Gasteiger partial charge in [-0.05, 0) is 35.1 Å². The Bertz CT molecular complexity index is 1180. The molecular weight excluding hydrogens is 479 g/mol. The summed E-state index contributed by atoms with van der Waals surface area (Å²) in [7, 11) is 1.29. The Morgan fingerprint density at radius 3 is 2.56 bits per heavy atom. The van der Waals surface area contributed by atoms with Crippen LogP contribution in [0.2, 0.25) is 5.02 Å². The first-order chi connectivity index (χ1) is 15.1. The summed E-state index contributed by atoms with van der Waals surface area (Å²) in [4.78, 5) is 13.7. The number of hydrogen-bond acceptors (Lipinski definition) is 5. The van der Waals surface area contributed by atoms with Crippen molar-refractivity contribution in [2.45, 2.75) is 35.0 Å². The minimum atomic E-state index is -5.70. The number of alkyl halides is 4.